The fourth-order valence-corrected chi connectivity index (χ4v) is 8.98. The third-order valence-corrected chi connectivity index (χ3v) is 11.2. The number of thioether (sulfide) groups is 1. The molecule has 210 valence electrons. The van der Waals surface area contributed by atoms with Gasteiger partial charge in [0, 0.05) is 46.5 Å². The van der Waals surface area contributed by atoms with Crippen LogP contribution in [0.25, 0.3) is 0 Å². The first kappa shape index (κ1) is 28.1. The van der Waals surface area contributed by atoms with Gasteiger partial charge in [0.15, 0.2) is 14.0 Å². The predicted octanol–water partition coefficient (Wildman–Crippen LogP) is 9.23. The smallest absolute Gasteiger partial charge is 0.209 e. The fraction of sp³-hybridized carbons (Fsp3) is 0.324. The van der Waals surface area contributed by atoms with E-state index in [9.17, 15) is 0 Å². The van der Waals surface area contributed by atoms with Crippen molar-refractivity contribution in [3.05, 3.63) is 110 Å². The second-order valence-electron chi connectivity index (χ2n) is 12.1. The Morgan fingerprint density at radius 1 is 0.976 bits per heavy atom. The number of para-hydroxylation sites is 2. The van der Waals surface area contributed by atoms with Gasteiger partial charge in [0.1, 0.15) is 7.05 Å². The highest BCUT2D eigenvalue weighted by Gasteiger charge is 2.42. The van der Waals surface area contributed by atoms with Crippen LogP contribution in [0.2, 0.25) is 0 Å². The summed E-state index contributed by atoms with van der Waals surface area (Å²) in [6.07, 6.45) is 12.6. The molecule has 2 aliphatic heterocycles. The molecule has 0 saturated carbocycles. The quantitative estimate of drug-likeness (QED) is 0.235. The number of rotatable bonds is 5. The van der Waals surface area contributed by atoms with E-state index < -0.39 is 0 Å². The summed E-state index contributed by atoms with van der Waals surface area (Å²) in [5.41, 5.74) is 10.6. The summed E-state index contributed by atoms with van der Waals surface area (Å²) in [5, 5.41) is 7.48. The molecule has 1 aliphatic carbocycles. The second-order valence-corrected chi connectivity index (χ2v) is 15.0. The molecule has 7 heteroatoms. The van der Waals surface area contributed by atoms with E-state index in [1.807, 2.05) is 0 Å². The number of fused-ring (bicyclic) bond motifs is 2. The minimum absolute atomic E-state index is 0.0530. The van der Waals surface area contributed by atoms with E-state index in [1.165, 1.54) is 50.0 Å². The monoisotopic (exact) mass is 597 g/mol. The Bertz CT molecular complexity index is 1740. The Hall–Kier alpha value is -3.00. The summed E-state index contributed by atoms with van der Waals surface area (Å²) in [6, 6.07) is 17.5. The number of likely N-dealkylation sites (N-methyl/N-ethyl adjacent to an activating group) is 1. The van der Waals surface area contributed by atoms with Crippen molar-refractivity contribution in [3.8, 4) is 0 Å². The highest BCUT2D eigenvalue weighted by atomic mass is 32.2. The van der Waals surface area contributed by atoms with Gasteiger partial charge in [0.25, 0.3) is 0 Å². The van der Waals surface area contributed by atoms with Crippen molar-refractivity contribution in [2.24, 2.45) is 0 Å². The number of aromatic amines is 1. The highest BCUT2D eigenvalue weighted by Crippen LogP contribution is 2.48. The van der Waals surface area contributed by atoms with Gasteiger partial charge in [-0.3, -0.25) is 5.10 Å². The summed E-state index contributed by atoms with van der Waals surface area (Å²) in [7, 11) is 4.37. The molecular weight excluding hydrogens is 561 g/mol. The molecule has 0 amide bonds. The third kappa shape index (κ3) is 4.92. The van der Waals surface area contributed by atoms with Crippen molar-refractivity contribution in [1.82, 2.24) is 10.2 Å². The van der Waals surface area contributed by atoms with Gasteiger partial charge in [0.05, 0.1) is 5.41 Å². The molecule has 2 aromatic carbocycles. The number of aromatic nitrogens is 2. The molecule has 1 aromatic heterocycles. The zero-order valence-electron chi connectivity index (χ0n) is 24.6. The number of benzene rings is 2. The van der Waals surface area contributed by atoms with Crippen LogP contribution in [0.1, 0.15) is 58.1 Å². The van der Waals surface area contributed by atoms with E-state index in [4.69, 9.17) is 12.2 Å². The average Bonchev–Trinajstić information content (AvgIpc) is 3.52. The molecule has 0 fully saturated rings. The second kappa shape index (κ2) is 10.7. The van der Waals surface area contributed by atoms with Gasteiger partial charge in [-0.25, -0.2) is 0 Å². The third-order valence-electron chi connectivity index (χ3n) is 8.85. The lowest BCUT2D eigenvalue weighted by atomic mass is 9.81. The summed E-state index contributed by atoms with van der Waals surface area (Å²) in [5.74, 6) is 0. The van der Waals surface area contributed by atoms with Crippen LogP contribution in [0.4, 0.5) is 11.4 Å². The molecule has 4 nitrogen and oxygen atoms in total. The first-order chi connectivity index (χ1) is 19.6. The maximum absolute atomic E-state index is 5.37. The molecule has 3 aromatic rings. The number of hydrogen-bond donors (Lipinski definition) is 1. The zero-order valence-corrected chi connectivity index (χ0v) is 27.1. The van der Waals surface area contributed by atoms with Gasteiger partial charge in [-0.1, -0.05) is 85.5 Å². The summed E-state index contributed by atoms with van der Waals surface area (Å²) >= 11 is 8.66. The van der Waals surface area contributed by atoms with E-state index >= 15 is 0 Å². The van der Waals surface area contributed by atoms with Crippen molar-refractivity contribution in [3.63, 3.8) is 0 Å². The van der Waals surface area contributed by atoms with E-state index in [2.05, 4.69) is 134 Å². The molecule has 0 radical (unpaired) electrons. The van der Waals surface area contributed by atoms with Gasteiger partial charge in [-0.05, 0) is 74.2 Å². The summed E-state index contributed by atoms with van der Waals surface area (Å²) in [6.45, 7) is 9.30. The first-order valence-corrected chi connectivity index (χ1v) is 16.2. The summed E-state index contributed by atoms with van der Waals surface area (Å²) in [4.78, 5) is 3.65. The lowest BCUT2D eigenvalue weighted by Gasteiger charge is -2.25. The minimum atomic E-state index is -0.0530. The largest absolute Gasteiger partial charge is 0.347 e. The van der Waals surface area contributed by atoms with Crippen molar-refractivity contribution in [1.29, 1.82) is 0 Å². The molecule has 3 aliphatic rings. The average molecular weight is 598 g/mol. The standard InChI is InChI=1S/C34H36N4S3/c1-33(2)24-14-7-9-16-26(24)37(5)28(33)20-18-22-12-11-13-23(30(22)40-32-36-35-31(39)41-32)19-21-29-34(3,4)25-15-8-10-17-27(25)38(29)6/h7-10,14-21H,11-13H2,1-6H3/p+1. The van der Waals surface area contributed by atoms with Crippen molar-refractivity contribution in [2.75, 3.05) is 19.0 Å². The number of allylic oxidation sites excluding steroid dienone is 7. The molecule has 0 saturated heterocycles. The Kier molecular flexibility index (Phi) is 7.33. The highest BCUT2D eigenvalue weighted by molar-refractivity contribution is 8.05. The number of nitrogens with zero attached hydrogens (tertiary/aromatic N) is 3. The van der Waals surface area contributed by atoms with E-state index in [0.717, 1.165) is 23.6 Å². The Morgan fingerprint density at radius 2 is 1.71 bits per heavy atom. The number of H-pyrrole nitrogens is 1. The molecular formula is C34H37N4S3+. The Morgan fingerprint density at radius 3 is 2.41 bits per heavy atom. The number of nitrogens with one attached hydrogen (secondary N) is 1. The van der Waals surface area contributed by atoms with Gasteiger partial charge in [0.2, 0.25) is 5.69 Å². The van der Waals surface area contributed by atoms with Crippen molar-refractivity contribution in [2.45, 2.75) is 62.1 Å². The zero-order chi connectivity index (χ0) is 28.9. The van der Waals surface area contributed by atoms with E-state index in [-0.39, 0.29) is 10.8 Å². The number of hydrogen-bond acceptors (Lipinski definition) is 5. The molecule has 0 spiro atoms. The first-order valence-electron chi connectivity index (χ1n) is 14.2. The SMILES string of the molecule is CN1/C(=C/C=C2\CCCC(/C=C/C3=[N+](C)c4ccccc4C3(C)C)=C2Sc2n[nH]c(=S)s2)C(C)(C)c2ccccc21. The van der Waals surface area contributed by atoms with Crippen molar-refractivity contribution < 1.29 is 4.58 Å². The fourth-order valence-electron chi connectivity index (χ4n) is 6.66. The van der Waals surface area contributed by atoms with Crippen LogP contribution in [-0.2, 0) is 10.8 Å². The molecule has 0 unspecified atom stereocenters. The van der Waals surface area contributed by atoms with Gasteiger partial charge < -0.3 is 4.90 Å². The van der Waals surface area contributed by atoms with Crippen LogP contribution < -0.4 is 4.90 Å². The number of anilines is 1. The lowest BCUT2D eigenvalue weighted by molar-refractivity contribution is -0.401. The molecule has 6 rings (SSSR count). The Labute approximate surface area is 256 Å². The van der Waals surface area contributed by atoms with Crippen LogP contribution in [-0.4, -0.2) is 34.6 Å². The van der Waals surface area contributed by atoms with Crippen molar-refractivity contribution >= 4 is 52.4 Å². The lowest BCUT2D eigenvalue weighted by Crippen LogP contribution is -2.26. The van der Waals surface area contributed by atoms with Crippen LogP contribution >= 0.6 is 35.3 Å². The predicted molar refractivity (Wildman–Crippen MR) is 178 cm³/mol. The summed E-state index contributed by atoms with van der Waals surface area (Å²) < 4.78 is 4.02. The molecule has 0 atom stereocenters. The normalized spacial score (nSPS) is 21.5. The van der Waals surface area contributed by atoms with E-state index in [1.54, 1.807) is 23.1 Å². The van der Waals surface area contributed by atoms with E-state index in [0.29, 0.717) is 3.95 Å². The topological polar surface area (TPSA) is 34.9 Å². The maximum atomic E-state index is 5.37. The van der Waals surface area contributed by atoms with Crippen LogP contribution in [0.5, 0.6) is 0 Å². The van der Waals surface area contributed by atoms with Gasteiger partial charge in [-0.15, -0.1) is 0 Å². The van der Waals surface area contributed by atoms with Crippen LogP contribution in [0, 0.1) is 3.95 Å². The minimum Gasteiger partial charge on any atom is -0.347 e. The van der Waals surface area contributed by atoms with Gasteiger partial charge in [-0.2, -0.15) is 9.67 Å². The molecule has 3 heterocycles. The molecule has 0 bridgehead atoms. The molecule has 41 heavy (non-hydrogen) atoms. The van der Waals surface area contributed by atoms with Gasteiger partial charge >= 0.3 is 0 Å². The Balaban J connectivity index is 1.41. The van der Waals surface area contributed by atoms with Crippen LogP contribution in [0.3, 0.4) is 0 Å². The molecule has 1 N–H and O–H groups in total. The van der Waals surface area contributed by atoms with Crippen LogP contribution in [0.15, 0.2) is 98.9 Å². The maximum Gasteiger partial charge on any atom is 0.209 e.